The van der Waals surface area contributed by atoms with Gasteiger partial charge in [-0.25, -0.2) is 4.98 Å². The van der Waals surface area contributed by atoms with Gasteiger partial charge in [0.15, 0.2) is 0 Å². The number of halogens is 2. The maximum atomic E-state index is 6.18. The van der Waals surface area contributed by atoms with Crippen LogP contribution in [0.2, 0.25) is 10.0 Å². The molecule has 28 heavy (non-hydrogen) atoms. The normalized spacial score (nSPS) is 15.3. The van der Waals surface area contributed by atoms with Crippen LogP contribution in [0.3, 0.4) is 0 Å². The van der Waals surface area contributed by atoms with Crippen molar-refractivity contribution >= 4 is 35.0 Å². The largest absolute Gasteiger partial charge is 0.490 e. The second kappa shape index (κ2) is 10.1. The molecule has 1 aromatic carbocycles. The molecule has 2 aromatic rings. The van der Waals surface area contributed by atoms with Gasteiger partial charge in [-0.2, -0.15) is 0 Å². The Morgan fingerprint density at radius 1 is 1.11 bits per heavy atom. The lowest BCUT2D eigenvalue weighted by molar-refractivity contribution is 0.175. The molecular formula is C22H28Cl2N2OS. The minimum atomic E-state index is 0.317. The standard InChI is InChI=1S/C22H28Cl2N2OS/c1-15(2)21-22(28-19-12-16(23)11-17(24)13-19)26(3)20(25-21)14-27-18-9-7-5-4-6-8-10-18/h9,11-13,15H,4-8,10,14H2,1-3H3. The average Bonchev–Trinajstić information content (AvgIpc) is 2.90. The number of hydrogen-bond acceptors (Lipinski definition) is 3. The third-order valence-corrected chi connectivity index (χ3v) is 6.48. The van der Waals surface area contributed by atoms with Crippen molar-refractivity contribution in [3.63, 3.8) is 0 Å². The molecule has 0 amide bonds. The maximum Gasteiger partial charge on any atom is 0.147 e. The Bertz CT molecular complexity index is 825. The van der Waals surface area contributed by atoms with E-state index < -0.39 is 0 Å². The summed E-state index contributed by atoms with van der Waals surface area (Å²) in [4.78, 5) is 5.91. The average molecular weight is 439 g/mol. The van der Waals surface area contributed by atoms with Crippen molar-refractivity contribution in [3.05, 3.63) is 51.6 Å². The van der Waals surface area contributed by atoms with Crippen LogP contribution in [0.1, 0.15) is 69.8 Å². The van der Waals surface area contributed by atoms with E-state index in [2.05, 4.69) is 31.5 Å². The van der Waals surface area contributed by atoms with E-state index in [4.69, 9.17) is 32.9 Å². The summed E-state index contributed by atoms with van der Waals surface area (Å²) < 4.78 is 8.29. The first kappa shape index (κ1) is 21.6. The molecule has 1 aliphatic rings. The van der Waals surface area contributed by atoms with Gasteiger partial charge in [0.1, 0.15) is 17.5 Å². The summed E-state index contributed by atoms with van der Waals surface area (Å²) in [5.74, 6) is 2.38. The molecule has 0 saturated heterocycles. The topological polar surface area (TPSA) is 27.1 Å². The highest BCUT2D eigenvalue weighted by atomic mass is 35.5. The van der Waals surface area contributed by atoms with Crippen LogP contribution in [0.25, 0.3) is 0 Å². The number of nitrogens with zero attached hydrogens (tertiary/aromatic N) is 2. The molecule has 0 N–H and O–H groups in total. The van der Waals surface area contributed by atoms with Gasteiger partial charge >= 0.3 is 0 Å². The van der Waals surface area contributed by atoms with E-state index in [1.165, 1.54) is 25.7 Å². The molecule has 0 fully saturated rings. The molecule has 1 aromatic heterocycles. The molecule has 6 heteroatoms. The lowest BCUT2D eigenvalue weighted by atomic mass is 10.1. The van der Waals surface area contributed by atoms with Crippen molar-refractivity contribution < 1.29 is 4.74 Å². The summed E-state index contributed by atoms with van der Waals surface area (Å²) in [5, 5.41) is 2.39. The number of benzene rings is 1. The fourth-order valence-corrected chi connectivity index (χ4v) is 5.21. The van der Waals surface area contributed by atoms with Crippen LogP contribution in [-0.4, -0.2) is 9.55 Å². The molecule has 0 unspecified atom stereocenters. The number of rotatable bonds is 6. The van der Waals surface area contributed by atoms with E-state index in [1.54, 1.807) is 17.8 Å². The molecule has 1 heterocycles. The SMILES string of the molecule is CC(C)c1nc(COC2=CCCCCCC2)n(C)c1Sc1cc(Cl)cc(Cl)c1. The van der Waals surface area contributed by atoms with Crippen LogP contribution in [0.4, 0.5) is 0 Å². The molecule has 0 spiro atoms. The lowest BCUT2D eigenvalue weighted by Crippen LogP contribution is -2.03. The minimum Gasteiger partial charge on any atom is -0.490 e. The van der Waals surface area contributed by atoms with Crippen LogP contribution in [-0.2, 0) is 18.4 Å². The fraction of sp³-hybridized carbons (Fsp3) is 0.500. The van der Waals surface area contributed by atoms with Gasteiger partial charge < -0.3 is 9.30 Å². The van der Waals surface area contributed by atoms with E-state index >= 15 is 0 Å². The third kappa shape index (κ3) is 5.71. The molecule has 3 rings (SSSR count). The number of hydrogen-bond donors (Lipinski definition) is 0. The highest BCUT2D eigenvalue weighted by Gasteiger charge is 2.19. The molecule has 152 valence electrons. The Labute approximate surface area is 182 Å². The quantitative estimate of drug-likeness (QED) is 0.460. The molecule has 3 nitrogen and oxygen atoms in total. The lowest BCUT2D eigenvalue weighted by Gasteiger charge is -2.13. The molecule has 1 aliphatic carbocycles. The van der Waals surface area contributed by atoms with Crippen molar-refractivity contribution in [2.45, 2.75) is 74.8 Å². The van der Waals surface area contributed by atoms with Gasteiger partial charge in [0.05, 0.1) is 11.5 Å². The third-order valence-electron chi connectivity index (χ3n) is 4.89. The molecular weight excluding hydrogens is 411 g/mol. The number of allylic oxidation sites excluding steroid dienone is 2. The first-order valence-electron chi connectivity index (χ1n) is 9.95. The second-order valence-electron chi connectivity index (χ2n) is 7.55. The second-order valence-corrected chi connectivity index (χ2v) is 9.49. The molecule has 0 saturated carbocycles. The summed E-state index contributed by atoms with van der Waals surface area (Å²) in [6.07, 6.45) is 9.50. The predicted molar refractivity (Wildman–Crippen MR) is 118 cm³/mol. The number of ether oxygens (including phenoxy) is 1. The monoisotopic (exact) mass is 438 g/mol. The zero-order chi connectivity index (χ0) is 20.1. The Kier molecular flexibility index (Phi) is 7.78. The van der Waals surface area contributed by atoms with E-state index in [0.717, 1.165) is 40.0 Å². The molecule has 0 atom stereocenters. The van der Waals surface area contributed by atoms with Gasteiger partial charge in [0.2, 0.25) is 0 Å². The fourth-order valence-electron chi connectivity index (χ4n) is 3.33. The summed E-state index contributed by atoms with van der Waals surface area (Å²) in [5.41, 5.74) is 1.08. The van der Waals surface area contributed by atoms with Gasteiger partial charge in [0.25, 0.3) is 0 Å². The number of imidazole rings is 1. The summed E-state index contributed by atoms with van der Waals surface area (Å²) in [6, 6.07) is 5.62. The number of aromatic nitrogens is 2. The van der Waals surface area contributed by atoms with Crippen LogP contribution in [0.15, 0.2) is 40.0 Å². The van der Waals surface area contributed by atoms with E-state index in [0.29, 0.717) is 22.6 Å². The van der Waals surface area contributed by atoms with Crippen molar-refractivity contribution in [2.24, 2.45) is 7.05 Å². The van der Waals surface area contributed by atoms with E-state index in [9.17, 15) is 0 Å². The minimum absolute atomic E-state index is 0.317. The van der Waals surface area contributed by atoms with Gasteiger partial charge in [-0.05, 0) is 49.5 Å². The first-order valence-corrected chi connectivity index (χ1v) is 11.5. The Morgan fingerprint density at radius 3 is 2.54 bits per heavy atom. The van der Waals surface area contributed by atoms with Crippen molar-refractivity contribution in [1.82, 2.24) is 9.55 Å². The summed E-state index contributed by atoms with van der Waals surface area (Å²) in [6.45, 7) is 4.83. The predicted octanol–water partition coefficient (Wildman–Crippen LogP) is 7.76. The highest BCUT2D eigenvalue weighted by Crippen LogP contribution is 2.36. The van der Waals surface area contributed by atoms with Crippen molar-refractivity contribution in [2.75, 3.05) is 0 Å². The van der Waals surface area contributed by atoms with Gasteiger partial charge in [0, 0.05) is 28.4 Å². The van der Waals surface area contributed by atoms with Gasteiger partial charge in [-0.15, -0.1) is 0 Å². The zero-order valence-corrected chi connectivity index (χ0v) is 19.1. The van der Waals surface area contributed by atoms with Crippen LogP contribution in [0, 0.1) is 0 Å². The van der Waals surface area contributed by atoms with Crippen LogP contribution < -0.4 is 0 Å². The van der Waals surface area contributed by atoms with Crippen molar-refractivity contribution in [1.29, 1.82) is 0 Å². The molecule has 0 bridgehead atoms. The van der Waals surface area contributed by atoms with Crippen LogP contribution >= 0.6 is 35.0 Å². The van der Waals surface area contributed by atoms with Crippen molar-refractivity contribution in [3.8, 4) is 0 Å². The summed E-state index contributed by atoms with van der Waals surface area (Å²) in [7, 11) is 2.05. The molecule has 0 aliphatic heterocycles. The van der Waals surface area contributed by atoms with Crippen LogP contribution in [0.5, 0.6) is 0 Å². The first-order chi connectivity index (χ1) is 13.4. The van der Waals surface area contributed by atoms with E-state index in [-0.39, 0.29) is 0 Å². The summed E-state index contributed by atoms with van der Waals surface area (Å²) >= 11 is 14.0. The maximum absolute atomic E-state index is 6.18. The Balaban J connectivity index is 1.80. The smallest absolute Gasteiger partial charge is 0.147 e. The Hall–Kier alpha value is -1.10. The Morgan fingerprint density at radius 2 is 1.82 bits per heavy atom. The van der Waals surface area contributed by atoms with Gasteiger partial charge in [-0.3, -0.25) is 0 Å². The van der Waals surface area contributed by atoms with Gasteiger partial charge in [-0.1, -0.05) is 61.7 Å². The molecule has 0 radical (unpaired) electrons. The zero-order valence-electron chi connectivity index (χ0n) is 16.8. The highest BCUT2D eigenvalue weighted by molar-refractivity contribution is 7.99. The van der Waals surface area contributed by atoms with E-state index in [1.807, 2.05) is 12.1 Å².